The highest BCUT2D eigenvalue weighted by Crippen LogP contribution is 2.25. The van der Waals surface area contributed by atoms with E-state index in [0.717, 1.165) is 0 Å². The Morgan fingerprint density at radius 3 is 2.11 bits per heavy atom. The molecule has 0 spiro atoms. The van der Waals surface area contributed by atoms with Gasteiger partial charge in [-0.2, -0.15) is 13.2 Å². The van der Waals surface area contributed by atoms with Crippen molar-refractivity contribution in [3.63, 3.8) is 0 Å². The molecule has 0 radical (unpaired) electrons. The van der Waals surface area contributed by atoms with Crippen LogP contribution in [0.1, 0.15) is 33.6 Å². The van der Waals surface area contributed by atoms with Crippen LogP contribution in [-0.2, 0) is 19.4 Å². The second-order valence-corrected chi connectivity index (χ2v) is 6.59. The Hall–Kier alpha value is -0.790. The Morgan fingerprint density at radius 1 is 1.22 bits per heavy atom. The predicted octanol–water partition coefficient (Wildman–Crippen LogP) is 2.29. The van der Waals surface area contributed by atoms with Crippen LogP contribution in [0.5, 0.6) is 0 Å². The lowest BCUT2D eigenvalue weighted by Gasteiger charge is -2.20. The molecule has 0 amide bonds. The molecule has 0 N–H and O–H groups in total. The maximum absolute atomic E-state index is 12.0. The molecule has 0 saturated carbocycles. The van der Waals surface area contributed by atoms with Gasteiger partial charge in [0.05, 0.1) is 17.8 Å². The zero-order valence-electron chi connectivity index (χ0n) is 10.5. The fraction of sp³-hybridized carbons (Fsp3) is 0.900. The summed E-state index contributed by atoms with van der Waals surface area (Å²) >= 11 is 0. The second-order valence-electron chi connectivity index (χ2n) is 4.49. The van der Waals surface area contributed by atoms with Gasteiger partial charge in [0.25, 0.3) is 0 Å². The van der Waals surface area contributed by atoms with E-state index in [1.807, 2.05) is 0 Å². The zero-order valence-corrected chi connectivity index (χ0v) is 11.3. The smallest absolute Gasteiger partial charge is 0.465 e. The van der Waals surface area contributed by atoms with Crippen LogP contribution >= 0.6 is 0 Å². The molecule has 0 aromatic carbocycles. The maximum atomic E-state index is 12.0. The van der Waals surface area contributed by atoms with Gasteiger partial charge in [-0.3, -0.25) is 4.79 Å². The van der Waals surface area contributed by atoms with E-state index in [9.17, 15) is 26.4 Å². The second kappa shape index (κ2) is 5.90. The lowest BCUT2D eigenvalue weighted by Crippen LogP contribution is -2.28. The number of alkyl halides is 3. The van der Waals surface area contributed by atoms with Gasteiger partial charge in [-0.1, -0.05) is 6.92 Å². The molecule has 0 fully saturated rings. The van der Waals surface area contributed by atoms with Gasteiger partial charge in [0, 0.05) is 0 Å². The summed E-state index contributed by atoms with van der Waals surface area (Å²) < 4.78 is 62.0. The van der Waals surface area contributed by atoms with Crippen LogP contribution in [0.2, 0.25) is 0 Å². The molecular weight excluding hydrogens is 273 g/mol. The Bertz CT molecular complexity index is 384. The van der Waals surface area contributed by atoms with Crippen LogP contribution in [0, 0.1) is 5.41 Å². The molecule has 4 nitrogen and oxygen atoms in total. The Kier molecular flexibility index (Phi) is 5.64. The molecule has 0 rings (SSSR count). The van der Waals surface area contributed by atoms with E-state index in [4.69, 9.17) is 4.74 Å². The van der Waals surface area contributed by atoms with Gasteiger partial charge in [0.2, 0.25) is 9.84 Å². The van der Waals surface area contributed by atoms with Gasteiger partial charge in [0.15, 0.2) is 0 Å². The number of carbonyl (C=O) groups excluding carboxylic acids is 1. The molecule has 0 aliphatic heterocycles. The number of sulfone groups is 1. The van der Waals surface area contributed by atoms with Gasteiger partial charge in [-0.05, 0) is 26.7 Å². The minimum atomic E-state index is -5.25. The molecule has 0 saturated heterocycles. The minimum absolute atomic E-state index is 0.336. The third-order valence-corrected chi connectivity index (χ3v) is 4.11. The molecule has 18 heavy (non-hydrogen) atoms. The standard InChI is InChI=1S/C10H17F3O4S/c1-4-9(2,3)8(14)17-6-5-7-18(15,16)10(11,12)13/h4-7H2,1-3H3. The minimum Gasteiger partial charge on any atom is -0.465 e. The van der Waals surface area contributed by atoms with E-state index in [0.29, 0.717) is 6.42 Å². The molecule has 0 heterocycles. The number of hydrogen-bond acceptors (Lipinski definition) is 4. The normalized spacial score (nSPS) is 13.4. The first-order valence-corrected chi connectivity index (χ1v) is 7.05. The summed E-state index contributed by atoms with van der Waals surface area (Å²) in [4.78, 5) is 11.4. The molecule has 0 bridgehead atoms. The molecule has 108 valence electrons. The van der Waals surface area contributed by atoms with Crippen molar-refractivity contribution < 1.29 is 31.1 Å². The number of halogens is 3. The van der Waals surface area contributed by atoms with E-state index in [1.54, 1.807) is 20.8 Å². The molecule has 0 aromatic heterocycles. The molecule has 0 atom stereocenters. The van der Waals surface area contributed by atoms with Crippen LogP contribution in [0.4, 0.5) is 13.2 Å². The number of esters is 1. The molecule has 0 unspecified atom stereocenters. The number of ether oxygens (including phenoxy) is 1. The average Bonchev–Trinajstić information content (AvgIpc) is 2.22. The summed E-state index contributed by atoms with van der Waals surface area (Å²) in [5.74, 6) is -1.62. The van der Waals surface area contributed by atoms with Crippen molar-refractivity contribution in [1.82, 2.24) is 0 Å². The van der Waals surface area contributed by atoms with Crippen molar-refractivity contribution in [3.05, 3.63) is 0 Å². The monoisotopic (exact) mass is 290 g/mol. The Labute approximate surface area is 104 Å². The number of hydrogen-bond donors (Lipinski definition) is 0. The van der Waals surface area contributed by atoms with Crippen molar-refractivity contribution in [2.45, 2.75) is 39.1 Å². The van der Waals surface area contributed by atoms with Crippen molar-refractivity contribution in [2.24, 2.45) is 5.41 Å². The lowest BCUT2D eigenvalue weighted by molar-refractivity contribution is -0.154. The maximum Gasteiger partial charge on any atom is 0.497 e. The Morgan fingerprint density at radius 2 is 1.72 bits per heavy atom. The summed E-state index contributed by atoms with van der Waals surface area (Å²) in [6, 6.07) is 0. The molecule has 0 aliphatic rings. The van der Waals surface area contributed by atoms with Crippen LogP contribution in [-0.4, -0.2) is 32.3 Å². The molecular formula is C10H17F3O4S. The summed E-state index contributed by atoms with van der Waals surface area (Å²) in [5, 5.41) is 0. The van der Waals surface area contributed by atoms with Crippen molar-refractivity contribution in [2.75, 3.05) is 12.4 Å². The summed E-state index contributed by atoms with van der Waals surface area (Å²) in [6.45, 7) is 4.72. The third-order valence-electron chi connectivity index (χ3n) is 2.58. The zero-order chi connectivity index (χ0) is 14.6. The highest BCUT2D eigenvalue weighted by molar-refractivity contribution is 7.92. The first-order chi connectivity index (χ1) is 7.94. The van der Waals surface area contributed by atoms with Crippen LogP contribution in [0.15, 0.2) is 0 Å². The highest BCUT2D eigenvalue weighted by Gasteiger charge is 2.44. The van der Waals surface area contributed by atoms with Crippen molar-refractivity contribution >= 4 is 15.8 Å². The molecule has 0 aromatic rings. The molecule has 8 heteroatoms. The largest absolute Gasteiger partial charge is 0.497 e. The lowest BCUT2D eigenvalue weighted by atomic mass is 9.91. The van der Waals surface area contributed by atoms with E-state index in [-0.39, 0.29) is 13.0 Å². The van der Waals surface area contributed by atoms with Gasteiger partial charge in [-0.25, -0.2) is 8.42 Å². The number of rotatable bonds is 6. The molecule has 0 aliphatic carbocycles. The summed E-state index contributed by atoms with van der Waals surface area (Å²) in [6.07, 6.45) is 0.153. The van der Waals surface area contributed by atoms with Gasteiger partial charge < -0.3 is 4.74 Å². The van der Waals surface area contributed by atoms with Gasteiger partial charge in [-0.15, -0.1) is 0 Å². The third kappa shape index (κ3) is 4.83. The fourth-order valence-electron chi connectivity index (χ4n) is 0.869. The van der Waals surface area contributed by atoms with Crippen LogP contribution < -0.4 is 0 Å². The summed E-state index contributed by atoms with van der Waals surface area (Å²) in [7, 11) is -5.13. The topological polar surface area (TPSA) is 60.4 Å². The summed E-state index contributed by atoms with van der Waals surface area (Å²) in [5.41, 5.74) is -5.97. The quantitative estimate of drug-likeness (QED) is 0.556. The first-order valence-electron chi connectivity index (χ1n) is 5.40. The SMILES string of the molecule is CCC(C)(C)C(=O)OCCCS(=O)(=O)C(F)(F)F. The fourth-order valence-corrected chi connectivity index (χ4v) is 1.60. The first kappa shape index (κ1) is 17.2. The van der Waals surface area contributed by atoms with E-state index < -0.39 is 32.5 Å². The average molecular weight is 290 g/mol. The van der Waals surface area contributed by atoms with Crippen molar-refractivity contribution in [1.29, 1.82) is 0 Å². The predicted molar refractivity (Wildman–Crippen MR) is 59.5 cm³/mol. The Balaban J connectivity index is 4.15. The van der Waals surface area contributed by atoms with Crippen LogP contribution in [0.3, 0.4) is 0 Å². The van der Waals surface area contributed by atoms with Gasteiger partial charge >= 0.3 is 11.5 Å². The van der Waals surface area contributed by atoms with Crippen LogP contribution in [0.25, 0.3) is 0 Å². The van der Waals surface area contributed by atoms with E-state index in [1.165, 1.54) is 0 Å². The van der Waals surface area contributed by atoms with Crippen molar-refractivity contribution in [3.8, 4) is 0 Å². The van der Waals surface area contributed by atoms with E-state index >= 15 is 0 Å². The van der Waals surface area contributed by atoms with E-state index in [2.05, 4.69) is 0 Å². The van der Waals surface area contributed by atoms with Gasteiger partial charge in [0.1, 0.15) is 0 Å². The number of carbonyl (C=O) groups is 1. The highest BCUT2D eigenvalue weighted by atomic mass is 32.2.